The van der Waals surface area contributed by atoms with Gasteiger partial charge in [-0.2, -0.15) is 13.5 Å². The highest BCUT2D eigenvalue weighted by molar-refractivity contribution is 7.59. The average molecular weight is 166 g/mol. The van der Waals surface area contributed by atoms with Crippen molar-refractivity contribution in [2.75, 3.05) is 13.6 Å². The number of nitrogens with one attached hydrogen (secondary N) is 1. The Hall–Kier alpha value is -0.220. The molecular formula is C6H18N2OS. The Kier molecular flexibility index (Phi) is 26.1. The molecule has 0 radical (unpaired) electrons. The van der Waals surface area contributed by atoms with Gasteiger partial charge >= 0.3 is 0 Å². The van der Waals surface area contributed by atoms with Gasteiger partial charge in [-0.3, -0.25) is 4.79 Å². The Labute approximate surface area is 69.8 Å². The molecule has 0 fully saturated rings. The largest absolute Gasteiger partial charge is 0.356 e. The van der Waals surface area contributed by atoms with Gasteiger partial charge in [0.25, 0.3) is 0 Å². The van der Waals surface area contributed by atoms with Gasteiger partial charge < -0.3 is 11.1 Å². The third kappa shape index (κ3) is 25.0. The van der Waals surface area contributed by atoms with Crippen molar-refractivity contribution in [2.24, 2.45) is 5.73 Å². The molecule has 0 aliphatic heterocycles. The summed E-state index contributed by atoms with van der Waals surface area (Å²) in [5.74, 6) is 0.0573. The van der Waals surface area contributed by atoms with E-state index in [0.717, 1.165) is 13.0 Å². The van der Waals surface area contributed by atoms with Crippen molar-refractivity contribution in [1.29, 1.82) is 0 Å². The zero-order valence-corrected chi connectivity index (χ0v) is 7.90. The predicted octanol–water partition coefficient (Wildman–Crippen LogP) is 0.220. The summed E-state index contributed by atoms with van der Waals surface area (Å²) in [4.78, 5) is 10.1. The van der Waals surface area contributed by atoms with Crippen LogP contribution in [0.2, 0.25) is 0 Å². The molecule has 3 nitrogen and oxygen atoms in total. The van der Waals surface area contributed by atoms with Crippen molar-refractivity contribution in [1.82, 2.24) is 5.32 Å². The highest BCUT2D eigenvalue weighted by Gasteiger charge is 1.83. The first kappa shape index (κ1) is 16.4. The lowest BCUT2D eigenvalue weighted by Gasteiger charge is -1.93. The van der Waals surface area contributed by atoms with Crippen LogP contribution in [-0.2, 0) is 4.79 Å². The van der Waals surface area contributed by atoms with Gasteiger partial charge in [0.1, 0.15) is 0 Å². The third-order valence-electron chi connectivity index (χ3n) is 0.624. The molecule has 0 atom stereocenters. The Bertz CT molecular complexity index is 68.8. The number of nitrogens with two attached hydrogens (primary N) is 1. The summed E-state index contributed by atoms with van der Waals surface area (Å²) < 4.78 is 0. The number of hydrogen-bond acceptors (Lipinski definition) is 2. The predicted molar refractivity (Wildman–Crippen MR) is 49.5 cm³/mol. The van der Waals surface area contributed by atoms with Gasteiger partial charge in [-0.05, 0) is 13.5 Å². The summed E-state index contributed by atoms with van der Waals surface area (Å²) in [5, 5.41) is 2.66. The molecule has 0 unspecified atom stereocenters. The van der Waals surface area contributed by atoms with Crippen molar-refractivity contribution in [3.63, 3.8) is 0 Å². The molecule has 64 valence electrons. The van der Waals surface area contributed by atoms with Crippen molar-refractivity contribution in [3.05, 3.63) is 0 Å². The summed E-state index contributed by atoms with van der Waals surface area (Å²) >= 11 is 0. The number of carbonyl (C=O) groups is 1. The summed E-state index contributed by atoms with van der Waals surface area (Å²) in [6.45, 7) is 4.35. The minimum atomic E-state index is 0. The van der Waals surface area contributed by atoms with Gasteiger partial charge in [0.2, 0.25) is 5.91 Å². The fourth-order valence-corrected chi connectivity index (χ4v) is 0.301. The molecule has 0 aliphatic carbocycles. The van der Waals surface area contributed by atoms with E-state index in [1.165, 1.54) is 14.0 Å². The quantitative estimate of drug-likeness (QED) is 0.616. The molecule has 0 saturated carbocycles. The van der Waals surface area contributed by atoms with Crippen molar-refractivity contribution in [3.8, 4) is 0 Å². The van der Waals surface area contributed by atoms with E-state index in [1.54, 1.807) is 0 Å². The summed E-state index contributed by atoms with van der Waals surface area (Å²) in [5.41, 5.74) is 4.50. The molecule has 0 aromatic carbocycles. The van der Waals surface area contributed by atoms with Crippen LogP contribution < -0.4 is 11.1 Å². The highest BCUT2D eigenvalue weighted by atomic mass is 32.1. The average Bonchev–Trinajstić information content (AvgIpc) is 1.88. The second kappa shape index (κ2) is 15.9. The highest BCUT2D eigenvalue weighted by Crippen LogP contribution is 1.67. The lowest BCUT2D eigenvalue weighted by molar-refractivity contribution is -0.118. The Balaban J connectivity index is -0.000000149. The van der Waals surface area contributed by atoms with E-state index in [0.29, 0.717) is 0 Å². The van der Waals surface area contributed by atoms with Gasteiger partial charge in [-0.25, -0.2) is 0 Å². The van der Waals surface area contributed by atoms with Crippen LogP contribution in [0.1, 0.15) is 20.3 Å². The second-order valence-corrected chi connectivity index (χ2v) is 1.48. The topological polar surface area (TPSA) is 55.1 Å². The first-order valence-electron chi connectivity index (χ1n) is 3.09. The molecule has 0 spiro atoms. The molecule has 0 aromatic rings. The second-order valence-electron chi connectivity index (χ2n) is 1.48. The fourth-order valence-electron chi connectivity index (χ4n) is 0.301. The van der Waals surface area contributed by atoms with Crippen LogP contribution in [0.25, 0.3) is 0 Å². The summed E-state index contributed by atoms with van der Waals surface area (Å²) in [6.07, 6.45) is 1.01. The number of hydrogen-bond donors (Lipinski definition) is 2. The normalized spacial score (nSPS) is 6.40. The van der Waals surface area contributed by atoms with Crippen LogP contribution in [0, 0.1) is 0 Å². The van der Waals surface area contributed by atoms with Gasteiger partial charge in [0, 0.05) is 13.5 Å². The maximum Gasteiger partial charge on any atom is 0.216 e. The number of carbonyl (C=O) groups excluding carboxylic acids is 1. The minimum absolute atomic E-state index is 0. The summed E-state index contributed by atoms with van der Waals surface area (Å²) in [6, 6.07) is 0. The lowest BCUT2D eigenvalue weighted by Crippen LogP contribution is -2.19. The molecule has 0 bridgehead atoms. The van der Waals surface area contributed by atoms with E-state index in [2.05, 4.69) is 11.1 Å². The molecule has 4 heteroatoms. The van der Waals surface area contributed by atoms with Crippen LogP contribution >= 0.6 is 13.5 Å². The van der Waals surface area contributed by atoms with Crippen LogP contribution in [-0.4, -0.2) is 19.5 Å². The molecule has 1 amide bonds. The van der Waals surface area contributed by atoms with E-state index < -0.39 is 0 Å². The number of amides is 1. The molecule has 10 heavy (non-hydrogen) atoms. The molecule has 0 saturated heterocycles. The van der Waals surface area contributed by atoms with E-state index in [1.807, 2.05) is 6.92 Å². The van der Waals surface area contributed by atoms with Crippen LogP contribution in [0.3, 0.4) is 0 Å². The van der Waals surface area contributed by atoms with E-state index in [-0.39, 0.29) is 19.4 Å². The first-order chi connectivity index (χ1) is 4.27. The van der Waals surface area contributed by atoms with Crippen LogP contribution in [0.4, 0.5) is 0 Å². The molecule has 0 aromatic heterocycles. The van der Waals surface area contributed by atoms with E-state index >= 15 is 0 Å². The smallest absolute Gasteiger partial charge is 0.216 e. The van der Waals surface area contributed by atoms with Crippen molar-refractivity contribution in [2.45, 2.75) is 20.3 Å². The Morgan fingerprint density at radius 1 is 1.50 bits per heavy atom. The number of rotatable bonds is 2. The van der Waals surface area contributed by atoms with Gasteiger partial charge in [-0.1, -0.05) is 6.92 Å². The maximum atomic E-state index is 10.1. The van der Waals surface area contributed by atoms with E-state index in [4.69, 9.17) is 0 Å². The third-order valence-corrected chi connectivity index (χ3v) is 0.624. The zero-order valence-electron chi connectivity index (χ0n) is 6.90. The molecule has 0 aliphatic rings. The Morgan fingerprint density at radius 2 is 1.90 bits per heavy atom. The van der Waals surface area contributed by atoms with Gasteiger partial charge in [-0.15, -0.1) is 0 Å². The molecule has 0 rings (SSSR count). The zero-order chi connectivity index (χ0) is 7.70. The van der Waals surface area contributed by atoms with Crippen molar-refractivity contribution < 1.29 is 4.79 Å². The van der Waals surface area contributed by atoms with E-state index in [9.17, 15) is 4.79 Å². The lowest BCUT2D eigenvalue weighted by atomic mass is 10.5. The maximum absolute atomic E-state index is 10.1. The molecule has 3 N–H and O–H groups in total. The standard InChI is InChI=1S/C5H11NO.CH5N.H2S/c1-3-4-6-5(2)7;1-2;/h3-4H2,1-2H3,(H,6,7);2H2,1H3;1H2. The van der Waals surface area contributed by atoms with Gasteiger partial charge in [0.05, 0.1) is 0 Å². The molecule has 0 heterocycles. The Morgan fingerprint density at radius 3 is 2.00 bits per heavy atom. The van der Waals surface area contributed by atoms with Crippen molar-refractivity contribution >= 4 is 19.4 Å². The monoisotopic (exact) mass is 166 g/mol. The SMILES string of the molecule is CCCNC(C)=O.CN.S. The first-order valence-corrected chi connectivity index (χ1v) is 3.09. The fraction of sp³-hybridized carbons (Fsp3) is 0.833. The summed E-state index contributed by atoms with van der Waals surface area (Å²) in [7, 11) is 1.50. The van der Waals surface area contributed by atoms with Gasteiger partial charge in [0.15, 0.2) is 0 Å². The van der Waals surface area contributed by atoms with Crippen LogP contribution in [0.15, 0.2) is 0 Å². The minimum Gasteiger partial charge on any atom is -0.356 e. The molecular weight excluding hydrogens is 148 g/mol. The van der Waals surface area contributed by atoms with Crippen LogP contribution in [0.5, 0.6) is 0 Å².